The third-order valence-corrected chi connectivity index (χ3v) is 5.01. The average molecular weight is 298 g/mol. The molecule has 0 saturated heterocycles. The van der Waals surface area contributed by atoms with Crippen LogP contribution in [0.1, 0.15) is 19.4 Å². The van der Waals surface area contributed by atoms with Crippen LogP contribution in [0.2, 0.25) is 5.15 Å². The van der Waals surface area contributed by atoms with Gasteiger partial charge >= 0.3 is 0 Å². The molecular weight excluding hydrogens is 282 g/mol. The molecule has 20 heavy (non-hydrogen) atoms. The molecule has 0 unspecified atom stereocenters. The fourth-order valence-corrected chi connectivity index (χ4v) is 3.25. The molecule has 0 aliphatic heterocycles. The van der Waals surface area contributed by atoms with Gasteiger partial charge in [-0.05, 0) is 19.4 Å². The highest BCUT2D eigenvalue weighted by Gasteiger charge is 2.62. The fourth-order valence-electron chi connectivity index (χ4n) is 3.06. The van der Waals surface area contributed by atoms with E-state index < -0.39 is 11.0 Å². The van der Waals surface area contributed by atoms with Crippen LogP contribution in [0.5, 0.6) is 0 Å². The first-order valence-electron chi connectivity index (χ1n) is 6.38. The third-order valence-electron chi connectivity index (χ3n) is 4.71. The topological polar surface area (TPSA) is 91.4 Å². The lowest BCUT2D eigenvalue weighted by atomic mass is 9.54. The molecule has 0 amide bonds. The molecule has 2 aromatic heterocycles. The first-order valence-corrected chi connectivity index (χ1v) is 6.76. The number of hydrogen-bond acceptors (Lipinski definition) is 5. The highest BCUT2D eigenvalue weighted by molar-refractivity contribution is 6.33. The quantitative estimate of drug-likeness (QED) is 0.727. The monoisotopic (exact) mass is 297 g/mol. The Labute approximate surface area is 120 Å². The van der Waals surface area contributed by atoms with Crippen LogP contribution in [-0.4, -0.2) is 48.7 Å². The molecule has 6 nitrogen and oxygen atoms in total. The first-order chi connectivity index (χ1) is 9.47. The van der Waals surface area contributed by atoms with E-state index in [0.717, 1.165) is 5.39 Å². The molecule has 1 aliphatic rings. The van der Waals surface area contributed by atoms with Gasteiger partial charge < -0.3 is 19.9 Å². The molecule has 2 atom stereocenters. The number of aliphatic hydroxyl groups excluding tert-OH is 2. The highest BCUT2D eigenvalue weighted by atomic mass is 35.5. The second-order valence-electron chi connectivity index (χ2n) is 5.59. The summed E-state index contributed by atoms with van der Waals surface area (Å²) >= 11 is 6.01. The molecule has 3 N–H and O–H groups in total. The summed E-state index contributed by atoms with van der Waals surface area (Å²) in [4.78, 5) is 8.12. The van der Waals surface area contributed by atoms with Gasteiger partial charge in [-0.3, -0.25) is 0 Å². The minimum Gasteiger partial charge on any atom is -0.396 e. The molecule has 0 radical (unpaired) electrons. The molecule has 2 heterocycles. The Morgan fingerprint density at radius 3 is 2.70 bits per heavy atom. The van der Waals surface area contributed by atoms with Crippen LogP contribution in [0.15, 0.2) is 18.6 Å². The summed E-state index contributed by atoms with van der Waals surface area (Å²) < 4.78 is 1.83. The lowest BCUT2D eigenvalue weighted by Crippen LogP contribution is -2.66. The summed E-state index contributed by atoms with van der Waals surface area (Å²) in [6, 6.07) is 1.52. The van der Waals surface area contributed by atoms with Gasteiger partial charge in [-0.2, -0.15) is 0 Å². The molecule has 0 bridgehead atoms. The third kappa shape index (κ3) is 1.56. The van der Waals surface area contributed by atoms with Gasteiger partial charge in [0.15, 0.2) is 0 Å². The molecule has 1 saturated carbocycles. The minimum atomic E-state index is -1.22. The molecule has 2 aromatic rings. The predicted octanol–water partition coefficient (Wildman–Crippen LogP) is 0.751. The van der Waals surface area contributed by atoms with Crippen LogP contribution < -0.4 is 0 Å². The number of hydrogen-bond donors (Lipinski definition) is 3. The van der Waals surface area contributed by atoms with Gasteiger partial charge in [-0.1, -0.05) is 11.6 Å². The van der Waals surface area contributed by atoms with Crippen molar-refractivity contribution in [1.82, 2.24) is 14.5 Å². The summed E-state index contributed by atoms with van der Waals surface area (Å²) in [5, 5.41) is 30.7. The number of nitrogens with zero attached hydrogens (tertiary/aromatic N) is 3. The van der Waals surface area contributed by atoms with Crippen molar-refractivity contribution in [3.05, 3.63) is 23.7 Å². The van der Waals surface area contributed by atoms with Gasteiger partial charge in [0.05, 0.1) is 30.2 Å². The Morgan fingerprint density at radius 1 is 1.40 bits per heavy atom. The van der Waals surface area contributed by atoms with E-state index in [2.05, 4.69) is 9.97 Å². The zero-order valence-electron chi connectivity index (χ0n) is 11.0. The average Bonchev–Trinajstić information content (AvgIpc) is 2.84. The SMILES string of the molecule is C[C@]1(O)[C@H](n2ccc3c(Cl)ncnc32)CC1(CO)CO. The zero-order chi connectivity index (χ0) is 14.5. The Hall–Kier alpha value is -1.21. The molecule has 0 aromatic carbocycles. The van der Waals surface area contributed by atoms with E-state index in [0.29, 0.717) is 17.2 Å². The Balaban J connectivity index is 2.04. The van der Waals surface area contributed by atoms with E-state index >= 15 is 0 Å². The maximum atomic E-state index is 10.7. The van der Waals surface area contributed by atoms with E-state index in [1.54, 1.807) is 19.2 Å². The summed E-state index contributed by atoms with van der Waals surface area (Å²) in [6.07, 6.45) is 3.64. The van der Waals surface area contributed by atoms with Crippen LogP contribution in [0.3, 0.4) is 0 Å². The molecule has 0 spiro atoms. The van der Waals surface area contributed by atoms with Crippen LogP contribution in [-0.2, 0) is 0 Å². The Bertz CT molecular complexity index is 651. The van der Waals surface area contributed by atoms with Gasteiger partial charge in [-0.15, -0.1) is 0 Å². The van der Waals surface area contributed by atoms with Gasteiger partial charge in [0, 0.05) is 11.6 Å². The van der Waals surface area contributed by atoms with E-state index in [-0.39, 0.29) is 19.3 Å². The lowest BCUT2D eigenvalue weighted by Gasteiger charge is -2.58. The van der Waals surface area contributed by atoms with Crippen LogP contribution in [0, 0.1) is 5.41 Å². The van der Waals surface area contributed by atoms with E-state index in [1.807, 2.05) is 4.57 Å². The number of aromatic nitrogens is 3. The van der Waals surface area contributed by atoms with Crippen molar-refractivity contribution in [2.75, 3.05) is 13.2 Å². The normalized spacial score (nSPS) is 28.6. The van der Waals surface area contributed by atoms with Crippen molar-refractivity contribution in [2.45, 2.75) is 25.0 Å². The van der Waals surface area contributed by atoms with Gasteiger partial charge in [-0.25, -0.2) is 9.97 Å². The standard InChI is InChI=1S/C13H16ClN3O3/c1-12(20)9(4-13(12,5-18)6-19)17-3-2-8-10(14)15-7-16-11(8)17/h2-3,7,9,18-20H,4-6H2,1H3/t9-,12+/m1/s1. The highest BCUT2D eigenvalue weighted by Crippen LogP contribution is 2.56. The number of halogens is 1. The largest absolute Gasteiger partial charge is 0.396 e. The summed E-state index contributed by atoms with van der Waals surface area (Å²) in [5.41, 5.74) is -1.47. The molecule has 1 fully saturated rings. The van der Waals surface area contributed by atoms with E-state index in [1.165, 1.54) is 6.33 Å². The van der Waals surface area contributed by atoms with Gasteiger partial charge in [0.2, 0.25) is 0 Å². The number of aliphatic hydroxyl groups is 3. The second kappa shape index (κ2) is 4.39. The molecule has 7 heteroatoms. The smallest absolute Gasteiger partial charge is 0.145 e. The predicted molar refractivity (Wildman–Crippen MR) is 73.4 cm³/mol. The Morgan fingerprint density at radius 2 is 2.10 bits per heavy atom. The zero-order valence-corrected chi connectivity index (χ0v) is 11.7. The maximum Gasteiger partial charge on any atom is 0.145 e. The second-order valence-corrected chi connectivity index (χ2v) is 5.95. The van der Waals surface area contributed by atoms with Crippen molar-refractivity contribution in [2.24, 2.45) is 5.41 Å². The van der Waals surface area contributed by atoms with E-state index in [9.17, 15) is 15.3 Å². The van der Waals surface area contributed by atoms with Gasteiger partial charge in [0.1, 0.15) is 17.1 Å². The lowest BCUT2D eigenvalue weighted by molar-refractivity contribution is -0.227. The van der Waals surface area contributed by atoms with Crippen molar-refractivity contribution in [1.29, 1.82) is 0 Å². The van der Waals surface area contributed by atoms with Crippen molar-refractivity contribution in [3.8, 4) is 0 Å². The van der Waals surface area contributed by atoms with Crippen molar-refractivity contribution in [3.63, 3.8) is 0 Å². The fraction of sp³-hybridized carbons (Fsp3) is 0.538. The molecule has 3 rings (SSSR count). The molecule has 108 valence electrons. The van der Waals surface area contributed by atoms with E-state index in [4.69, 9.17) is 11.6 Å². The van der Waals surface area contributed by atoms with Crippen LogP contribution in [0.4, 0.5) is 0 Å². The van der Waals surface area contributed by atoms with Crippen molar-refractivity contribution < 1.29 is 15.3 Å². The van der Waals surface area contributed by atoms with Gasteiger partial charge in [0.25, 0.3) is 0 Å². The first kappa shape index (κ1) is 13.8. The summed E-state index contributed by atoms with van der Waals surface area (Å²) in [7, 11) is 0. The Kier molecular flexibility index (Phi) is 3.02. The molecular formula is C13H16ClN3O3. The number of fused-ring (bicyclic) bond motifs is 1. The van der Waals surface area contributed by atoms with Crippen molar-refractivity contribution >= 4 is 22.6 Å². The summed E-state index contributed by atoms with van der Waals surface area (Å²) in [6.45, 7) is 1.10. The summed E-state index contributed by atoms with van der Waals surface area (Å²) in [5.74, 6) is 0. The van der Waals surface area contributed by atoms with Crippen LogP contribution >= 0.6 is 11.6 Å². The maximum absolute atomic E-state index is 10.7. The molecule has 1 aliphatic carbocycles. The van der Waals surface area contributed by atoms with Crippen LogP contribution in [0.25, 0.3) is 11.0 Å². The number of rotatable bonds is 3. The minimum absolute atomic E-state index is 0.262.